The van der Waals surface area contributed by atoms with Gasteiger partial charge in [0.25, 0.3) is 0 Å². The second-order valence-electron chi connectivity index (χ2n) is 5.32. The van der Waals surface area contributed by atoms with Crippen molar-refractivity contribution in [3.8, 4) is 5.88 Å². The van der Waals surface area contributed by atoms with E-state index in [1.54, 1.807) is 0 Å². The van der Waals surface area contributed by atoms with Gasteiger partial charge in [0.15, 0.2) is 6.61 Å². The predicted molar refractivity (Wildman–Crippen MR) is 87.6 cm³/mol. The van der Waals surface area contributed by atoms with Crippen molar-refractivity contribution in [1.82, 2.24) is 15.3 Å². The summed E-state index contributed by atoms with van der Waals surface area (Å²) in [6.45, 7) is -1.64. The monoisotopic (exact) mass is 425 g/mol. The molecule has 0 radical (unpaired) electrons. The van der Waals surface area contributed by atoms with Crippen LogP contribution in [0.15, 0.2) is 41.7 Å². The van der Waals surface area contributed by atoms with Crippen molar-refractivity contribution in [2.24, 2.45) is 0 Å². The van der Waals surface area contributed by atoms with Crippen LogP contribution in [-0.4, -0.2) is 34.4 Å². The molecule has 0 unspecified atom stereocenters. The van der Waals surface area contributed by atoms with Crippen molar-refractivity contribution < 1.29 is 35.9 Å². The minimum absolute atomic E-state index is 0.124. The van der Waals surface area contributed by atoms with Gasteiger partial charge in [0.2, 0.25) is 11.8 Å². The molecule has 0 spiro atoms. The zero-order chi connectivity index (χ0) is 20.8. The van der Waals surface area contributed by atoms with E-state index in [1.807, 2.05) is 0 Å². The first kappa shape index (κ1) is 21.8. The van der Waals surface area contributed by atoms with Crippen LogP contribution in [-0.2, 0) is 17.5 Å². The van der Waals surface area contributed by atoms with Crippen molar-refractivity contribution >= 4 is 17.7 Å². The van der Waals surface area contributed by atoms with Crippen LogP contribution in [0.3, 0.4) is 0 Å². The first-order chi connectivity index (χ1) is 13.0. The molecule has 5 nitrogen and oxygen atoms in total. The van der Waals surface area contributed by atoms with Crippen molar-refractivity contribution in [3.05, 3.63) is 47.8 Å². The number of ether oxygens (including phenoxy) is 1. The molecular weight excluding hydrogens is 412 g/mol. The summed E-state index contributed by atoms with van der Waals surface area (Å²) >= 11 is 0.915. The molecule has 1 amide bonds. The lowest BCUT2D eigenvalue weighted by molar-refractivity contribution is -0.154. The molecule has 0 aliphatic carbocycles. The maximum Gasteiger partial charge on any atom is 0.422 e. The number of carbonyl (C=O) groups excluding carboxylic acids is 1. The Morgan fingerprint density at radius 2 is 1.86 bits per heavy atom. The highest BCUT2D eigenvalue weighted by Crippen LogP contribution is 2.29. The average molecular weight is 425 g/mol. The Morgan fingerprint density at radius 3 is 2.46 bits per heavy atom. The molecule has 0 aromatic carbocycles. The molecular formula is C16H13F6N3O2S. The molecule has 152 valence electrons. The van der Waals surface area contributed by atoms with E-state index in [2.05, 4.69) is 20.0 Å². The van der Waals surface area contributed by atoms with Gasteiger partial charge in [0, 0.05) is 24.5 Å². The summed E-state index contributed by atoms with van der Waals surface area (Å²) in [6.07, 6.45) is -7.10. The molecule has 0 aliphatic rings. The minimum Gasteiger partial charge on any atom is -0.468 e. The van der Waals surface area contributed by atoms with E-state index < -0.39 is 30.4 Å². The van der Waals surface area contributed by atoms with Gasteiger partial charge in [0.1, 0.15) is 0 Å². The second-order valence-corrected chi connectivity index (χ2v) is 6.32. The SMILES string of the molecule is O=C(CSc1ccc(C(F)(F)F)cn1)NCc1cccnc1OCC(F)(F)F. The number of rotatable bonds is 7. The van der Waals surface area contributed by atoms with Crippen LogP contribution < -0.4 is 10.1 Å². The molecule has 0 saturated carbocycles. The summed E-state index contributed by atoms with van der Waals surface area (Å²) in [5, 5.41) is 2.69. The Morgan fingerprint density at radius 1 is 1.11 bits per heavy atom. The van der Waals surface area contributed by atoms with Gasteiger partial charge < -0.3 is 10.1 Å². The van der Waals surface area contributed by atoms with Crippen LogP contribution in [0, 0.1) is 0 Å². The Kier molecular flexibility index (Phi) is 7.11. The number of hydrogen-bond acceptors (Lipinski definition) is 5. The Labute approximate surface area is 159 Å². The topological polar surface area (TPSA) is 64.1 Å². The summed E-state index contributed by atoms with van der Waals surface area (Å²) in [7, 11) is 0. The smallest absolute Gasteiger partial charge is 0.422 e. The van der Waals surface area contributed by atoms with E-state index in [1.165, 1.54) is 18.3 Å². The molecule has 0 bridgehead atoms. The van der Waals surface area contributed by atoms with Crippen LogP contribution >= 0.6 is 11.8 Å². The van der Waals surface area contributed by atoms with E-state index in [0.29, 0.717) is 6.20 Å². The van der Waals surface area contributed by atoms with Crippen LogP contribution in [0.2, 0.25) is 0 Å². The fourth-order valence-electron chi connectivity index (χ4n) is 1.86. The largest absolute Gasteiger partial charge is 0.468 e. The molecule has 1 N–H and O–H groups in total. The van der Waals surface area contributed by atoms with Crippen LogP contribution in [0.25, 0.3) is 0 Å². The molecule has 12 heteroatoms. The molecule has 0 fully saturated rings. The number of carbonyl (C=O) groups is 1. The molecule has 2 heterocycles. The molecule has 28 heavy (non-hydrogen) atoms. The number of halogens is 6. The zero-order valence-electron chi connectivity index (χ0n) is 14.0. The Balaban J connectivity index is 1.84. The maximum atomic E-state index is 12.5. The van der Waals surface area contributed by atoms with Crippen LogP contribution in [0.4, 0.5) is 26.3 Å². The highest BCUT2D eigenvalue weighted by Gasteiger charge is 2.31. The normalized spacial score (nSPS) is 11.9. The fourth-order valence-corrected chi connectivity index (χ4v) is 2.53. The van der Waals surface area contributed by atoms with Crippen molar-refractivity contribution in [2.75, 3.05) is 12.4 Å². The summed E-state index contributed by atoms with van der Waals surface area (Å²) in [5.41, 5.74) is -0.651. The van der Waals surface area contributed by atoms with Gasteiger partial charge in [-0.15, -0.1) is 0 Å². The molecule has 0 atom stereocenters. The molecule has 2 aromatic heterocycles. The number of pyridine rings is 2. The maximum absolute atomic E-state index is 12.5. The number of hydrogen-bond donors (Lipinski definition) is 1. The number of amides is 1. The number of nitrogens with zero attached hydrogens (tertiary/aromatic N) is 2. The third-order valence-corrected chi connectivity index (χ3v) is 4.06. The van der Waals surface area contributed by atoms with Gasteiger partial charge in [-0.25, -0.2) is 9.97 Å². The van der Waals surface area contributed by atoms with E-state index in [-0.39, 0.29) is 28.8 Å². The van der Waals surface area contributed by atoms with Crippen LogP contribution in [0.5, 0.6) is 5.88 Å². The van der Waals surface area contributed by atoms with Gasteiger partial charge in [0.05, 0.1) is 16.3 Å². The van der Waals surface area contributed by atoms with E-state index >= 15 is 0 Å². The summed E-state index contributed by atoms with van der Waals surface area (Å²) in [6, 6.07) is 4.92. The number of aromatic nitrogens is 2. The van der Waals surface area contributed by atoms with E-state index in [9.17, 15) is 31.1 Å². The Bertz CT molecular complexity index is 796. The minimum atomic E-state index is -4.52. The molecule has 2 rings (SSSR count). The highest BCUT2D eigenvalue weighted by molar-refractivity contribution is 7.99. The average Bonchev–Trinajstić information content (AvgIpc) is 2.62. The summed E-state index contributed by atoms with van der Waals surface area (Å²) in [4.78, 5) is 19.2. The summed E-state index contributed by atoms with van der Waals surface area (Å²) in [5.74, 6) is -0.883. The van der Waals surface area contributed by atoms with Crippen LogP contribution in [0.1, 0.15) is 11.1 Å². The molecule has 2 aromatic rings. The quantitative estimate of drug-likeness (QED) is 0.540. The van der Waals surface area contributed by atoms with Crippen molar-refractivity contribution in [1.29, 1.82) is 0 Å². The fraction of sp³-hybridized carbons (Fsp3) is 0.312. The number of thioether (sulfide) groups is 1. The predicted octanol–water partition coefficient (Wildman–Crippen LogP) is 3.85. The van der Waals surface area contributed by atoms with Gasteiger partial charge in [-0.1, -0.05) is 17.8 Å². The van der Waals surface area contributed by atoms with Gasteiger partial charge in [-0.2, -0.15) is 26.3 Å². The van der Waals surface area contributed by atoms with Gasteiger partial charge in [-0.3, -0.25) is 4.79 Å². The number of alkyl halides is 6. The third-order valence-electron chi connectivity index (χ3n) is 3.11. The summed E-state index contributed by atoms with van der Waals surface area (Å²) < 4.78 is 78.7. The van der Waals surface area contributed by atoms with E-state index in [0.717, 1.165) is 23.9 Å². The Hall–Kier alpha value is -2.50. The first-order valence-corrected chi connectivity index (χ1v) is 8.59. The van der Waals surface area contributed by atoms with Gasteiger partial charge in [-0.05, 0) is 18.2 Å². The first-order valence-electron chi connectivity index (χ1n) is 7.61. The second kappa shape index (κ2) is 9.13. The third kappa shape index (κ3) is 7.25. The highest BCUT2D eigenvalue weighted by atomic mass is 32.2. The van der Waals surface area contributed by atoms with E-state index in [4.69, 9.17) is 0 Å². The van der Waals surface area contributed by atoms with Crippen molar-refractivity contribution in [2.45, 2.75) is 23.9 Å². The molecule has 0 saturated heterocycles. The lowest BCUT2D eigenvalue weighted by atomic mass is 10.2. The lowest BCUT2D eigenvalue weighted by Gasteiger charge is -2.12. The van der Waals surface area contributed by atoms with Gasteiger partial charge >= 0.3 is 12.4 Å². The lowest BCUT2D eigenvalue weighted by Crippen LogP contribution is -2.26. The molecule has 0 aliphatic heterocycles. The number of nitrogens with one attached hydrogen (secondary N) is 1. The van der Waals surface area contributed by atoms with Crippen molar-refractivity contribution in [3.63, 3.8) is 0 Å². The zero-order valence-corrected chi connectivity index (χ0v) is 14.8. The standard InChI is InChI=1S/C16H13F6N3O2S/c17-15(18,19)9-27-14-10(2-1-5-23-14)6-24-12(26)8-28-13-4-3-11(7-25-13)16(20,21)22/h1-5,7H,6,8-9H2,(H,24,26).